The number of hydrogen-bond acceptors (Lipinski definition) is 4. The monoisotopic (exact) mass is 433 g/mol. The summed E-state index contributed by atoms with van der Waals surface area (Å²) in [7, 11) is 3.71. The number of anilines is 3. The van der Waals surface area contributed by atoms with Gasteiger partial charge in [0.05, 0.1) is 11.3 Å². The van der Waals surface area contributed by atoms with Crippen molar-refractivity contribution < 1.29 is 14.0 Å². The van der Waals surface area contributed by atoms with Crippen LogP contribution >= 0.6 is 0 Å². The number of fused-ring (bicyclic) bond motifs is 1. The van der Waals surface area contributed by atoms with Crippen LogP contribution in [-0.4, -0.2) is 42.5 Å². The summed E-state index contributed by atoms with van der Waals surface area (Å²) in [5, 5.41) is 5.34. The highest BCUT2D eigenvalue weighted by Crippen LogP contribution is 2.28. The average Bonchev–Trinajstić information content (AvgIpc) is 2.80. The van der Waals surface area contributed by atoms with Gasteiger partial charge in [-0.1, -0.05) is 24.3 Å². The molecule has 2 aromatic carbocycles. The fourth-order valence-electron chi connectivity index (χ4n) is 3.83. The van der Waals surface area contributed by atoms with E-state index in [0.717, 1.165) is 11.1 Å². The van der Waals surface area contributed by atoms with Gasteiger partial charge in [0, 0.05) is 39.1 Å². The minimum atomic E-state index is -0.520. The number of urea groups is 1. The van der Waals surface area contributed by atoms with Crippen LogP contribution in [-0.2, 0) is 13.0 Å². The highest BCUT2D eigenvalue weighted by molar-refractivity contribution is 6.01. The normalized spacial score (nSPS) is 12.7. The van der Waals surface area contributed by atoms with Gasteiger partial charge in [-0.15, -0.1) is 0 Å². The topological polar surface area (TPSA) is 77.6 Å². The number of nitrogens with one attached hydrogen (secondary N) is 2. The molecule has 32 heavy (non-hydrogen) atoms. The van der Waals surface area contributed by atoms with Gasteiger partial charge in [0.2, 0.25) is 0 Å². The Bertz CT molecular complexity index is 1160. The third kappa shape index (κ3) is 4.39. The minimum Gasteiger partial charge on any atom is -0.362 e. The first-order valence-electron chi connectivity index (χ1n) is 10.3. The molecular weight excluding hydrogens is 409 g/mol. The summed E-state index contributed by atoms with van der Waals surface area (Å²) < 4.78 is 13.8. The number of rotatable bonds is 4. The maximum Gasteiger partial charge on any atom is 0.323 e. The zero-order valence-corrected chi connectivity index (χ0v) is 17.9. The van der Waals surface area contributed by atoms with Crippen LogP contribution < -0.4 is 15.5 Å². The second kappa shape index (κ2) is 9.05. The van der Waals surface area contributed by atoms with Crippen molar-refractivity contribution in [2.24, 2.45) is 0 Å². The van der Waals surface area contributed by atoms with E-state index in [-0.39, 0.29) is 11.6 Å². The maximum atomic E-state index is 13.8. The quantitative estimate of drug-likeness (QED) is 0.649. The molecule has 0 unspecified atom stereocenters. The molecule has 1 aromatic heterocycles. The Morgan fingerprint density at radius 3 is 2.53 bits per heavy atom. The predicted octanol–water partition coefficient (Wildman–Crippen LogP) is 4.13. The number of amides is 3. The van der Waals surface area contributed by atoms with Crippen molar-refractivity contribution >= 4 is 29.1 Å². The number of para-hydroxylation sites is 1. The van der Waals surface area contributed by atoms with E-state index < -0.39 is 11.8 Å². The molecule has 0 fully saturated rings. The molecule has 1 aliphatic rings. The fraction of sp³-hybridized carbons (Fsp3) is 0.208. The average molecular weight is 433 g/mol. The maximum absolute atomic E-state index is 13.8. The SMILES string of the molecule is CN(C)c1ncccc1C(=O)N1CCc2c(cccc2NC(=O)Nc2ccccc2F)C1. The molecule has 0 saturated heterocycles. The summed E-state index contributed by atoms with van der Waals surface area (Å²) >= 11 is 0. The highest BCUT2D eigenvalue weighted by Gasteiger charge is 2.26. The molecule has 7 nitrogen and oxygen atoms in total. The number of benzene rings is 2. The lowest BCUT2D eigenvalue weighted by Crippen LogP contribution is -2.37. The van der Waals surface area contributed by atoms with Gasteiger partial charge in [0.1, 0.15) is 11.6 Å². The van der Waals surface area contributed by atoms with Crippen LogP contribution in [0, 0.1) is 5.82 Å². The van der Waals surface area contributed by atoms with Gasteiger partial charge in [-0.2, -0.15) is 0 Å². The number of carbonyl (C=O) groups excluding carboxylic acids is 2. The lowest BCUT2D eigenvalue weighted by atomic mass is 9.97. The Morgan fingerprint density at radius 2 is 1.75 bits per heavy atom. The van der Waals surface area contributed by atoms with Gasteiger partial charge in [0.25, 0.3) is 5.91 Å². The summed E-state index contributed by atoms with van der Waals surface area (Å²) in [5.74, 6) is 0.0472. The van der Waals surface area contributed by atoms with E-state index in [0.29, 0.717) is 36.6 Å². The Labute approximate surface area is 185 Å². The summed E-state index contributed by atoms with van der Waals surface area (Å²) in [5.41, 5.74) is 3.25. The van der Waals surface area contributed by atoms with Crippen molar-refractivity contribution in [2.45, 2.75) is 13.0 Å². The molecule has 0 radical (unpaired) electrons. The second-order valence-electron chi connectivity index (χ2n) is 7.75. The van der Waals surface area contributed by atoms with Crippen molar-refractivity contribution in [3.8, 4) is 0 Å². The molecule has 164 valence electrons. The van der Waals surface area contributed by atoms with Crippen molar-refractivity contribution in [3.05, 3.63) is 83.3 Å². The van der Waals surface area contributed by atoms with E-state index in [1.807, 2.05) is 37.2 Å². The Hall–Kier alpha value is -3.94. The molecule has 0 atom stereocenters. The van der Waals surface area contributed by atoms with Crippen LogP contribution in [0.2, 0.25) is 0 Å². The molecule has 2 heterocycles. The molecule has 0 saturated carbocycles. The number of halogens is 1. The molecule has 3 amide bonds. The molecule has 4 rings (SSSR count). The third-order valence-electron chi connectivity index (χ3n) is 5.36. The molecule has 2 N–H and O–H groups in total. The minimum absolute atomic E-state index is 0.0805. The molecule has 8 heteroatoms. The predicted molar refractivity (Wildman–Crippen MR) is 122 cm³/mol. The van der Waals surface area contributed by atoms with Crippen LogP contribution in [0.3, 0.4) is 0 Å². The van der Waals surface area contributed by atoms with Gasteiger partial charge >= 0.3 is 6.03 Å². The van der Waals surface area contributed by atoms with Crippen molar-refractivity contribution in [2.75, 3.05) is 36.2 Å². The van der Waals surface area contributed by atoms with Crippen LogP contribution in [0.5, 0.6) is 0 Å². The van der Waals surface area contributed by atoms with E-state index in [4.69, 9.17) is 0 Å². The lowest BCUT2D eigenvalue weighted by molar-refractivity contribution is 0.0735. The number of carbonyl (C=O) groups is 2. The lowest BCUT2D eigenvalue weighted by Gasteiger charge is -2.31. The second-order valence-corrected chi connectivity index (χ2v) is 7.75. The molecule has 0 aliphatic carbocycles. The van der Waals surface area contributed by atoms with Gasteiger partial charge in [-0.05, 0) is 47.9 Å². The standard InChI is InChI=1S/C24H24FN5O2/c1-29(2)22-18(8-6-13-26-22)23(31)30-14-12-17-16(15-30)7-5-11-20(17)27-24(32)28-21-10-4-3-9-19(21)25/h3-11,13H,12,14-15H2,1-2H3,(H2,27,28,32). The zero-order valence-electron chi connectivity index (χ0n) is 17.9. The fourth-order valence-corrected chi connectivity index (χ4v) is 3.83. The van der Waals surface area contributed by atoms with Crippen molar-refractivity contribution in [1.29, 1.82) is 0 Å². The number of aromatic nitrogens is 1. The Morgan fingerprint density at radius 1 is 1.00 bits per heavy atom. The smallest absolute Gasteiger partial charge is 0.323 e. The molecular formula is C24H24FN5O2. The largest absolute Gasteiger partial charge is 0.362 e. The molecule has 0 spiro atoms. The number of pyridine rings is 1. The van der Waals surface area contributed by atoms with E-state index in [9.17, 15) is 14.0 Å². The van der Waals surface area contributed by atoms with Crippen LogP contribution in [0.25, 0.3) is 0 Å². The van der Waals surface area contributed by atoms with E-state index in [1.54, 1.807) is 35.4 Å². The van der Waals surface area contributed by atoms with Crippen LogP contribution in [0.4, 0.5) is 26.4 Å². The van der Waals surface area contributed by atoms with Crippen LogP contribution in [0.15, 0.2) is 60.8 Å². The first-order chi connectivity index (χ1) is 15.4. The Kier molecular flexibility index (Phi) is 6.02. The van der Waals surface area contributed by atoms with Crippen molar-refractivity contribution in [1.82, 2.24) is 9.88 Å². The molecule has 3 aromatic rings. The van der Waals surface area contributed by atoms with Gasteiger partial charge in [0.15, 0.2) is 0 Å². The van der Waals surface area contributed by atoms with Gasteiger partial charge in [-0.25, -0.2) is 14.2 Å². The van der Waals surface area contributed by atoms with Gasteiger partial charge < -0.3 is 20.4 Å². The first-order valence-corrected chi connectivity index (χ1v) is 10.3. The summed E-state index contributed by atoms with van der Waals surface area (Å²) in [6.45, 7) is 0.946. The zero-order chi connectivity index (χ0) is 22.7. The van der Waals surface area contributed by atoms with Crippen molar-refractivity contribution in [3.63, 3.8) is 0 Å². The number of hydrogen-bond donors (Lipinski definition) is 2. The highest BCUT2D eigenvalue weighted by atomic mass is 19.1. The number of nitrogens with zero attached hydrogens (tertiary/aromatic N) is 3. The summed E-state index contributed by atoms with van der Waals surface area (Å²) in [6.07, 6.45) is 2.26. The van der Waals surface area contributed by atoms with E-state index >= 15 is 0 Å². The van der Waals surface area contributed by atoms with E-state index in [1.165, 1.54) is 12.1 Å². The Balaban J connectivity index is 1.50. The molecule has 1 aliphatic heterocycles. The first kappa shape index (κ1) is 21.3. The third-order valence-corrected chi connectivity index (χ3v) is 5.36. The molecule has 0 bridgehead atoms. The van der Waals surface area contributed by atoms with Crippen LogP contribution in [0.1, 0.15) is 21.5 Å². The summed E-state index contributed by atoms with van der Waals surface area (Å²) in [4.78, 5) is 33.5. The van der Waals surface area contributed by atoms with Gasteiger partial charge in [-0.3, -0.25) is 4.79 Å². The van der Waals surface area contributed by atoms with E-state index in [2.05, 4.69) is 15.6 Å². The summed E-state index contributed by atoms with van der Waals surface area (Å²) in [6, 6.07) is 14.6.